The van der Waals surface area contributed by atoms with Crippen LogP contribution in [0, 0.1) is 33.2 Å². The van der Waals surface area contributed by atoms with Crippen molar-refractivity contribution in [3.05, 3.63) is 34.1 Å². The zero-order valence-electron chi connectivity index (χ0n) is 8.89. The number of hydrogen-bond acceptors (Lipinski definition) is 4. The summed E-state index contributed by atoms with van der Waals surface area (Å²) in [6.07, 6.45) is 1.29. The van der Waals surface area contributed by atoms with E-state index in [0.29, 0.717) is 12.8 Å². The summed E-state index contributed by atoms with van der Waals surface area (Å²) >= 11 is 0. The SMILES string of the molecule is N#CC1CC(Nc2cc(F)ccc2[N+](=O)[O-])C1. The number of halogens is 1. The van der Waals surface area contributed by atoms with E-state index in [4.69, 9.17) is 5.26 Å². The molecule has 1 aliphatic carbocycles. The van der Waals surface area contributed by atoms with E-state index >= 15 is 0 Å². The molecule has 6 heteroatoms. The molecule has 1 aromatic carbocycles. The van der Waals surface area contributed by atoms with Gasteiger partial charge in [0, 0.05) is 18.2 Å². The maximum atomic E-state index is 13.0. The molecule has 0 bridgehead atoms. The summed E-state index contributed by atoms with van der Waals surface area (Å²) < 4.78 is 13.0. The van der Waals surface area contributed by atoms with Crippen molar-refractivity contribution in [2.24, 2.45) is 5.92 Å². The van der Waals surface area contributed by atoms with Gasteiger partial charge >= 0.3 is 0 Å². The third-order valence-corrected chi connectivity index (χ3v) is 2.84. The fourth-order valence-electron chi connectivity index (χ4n) is 1.84. The van der Waals surface area contributed by atoms with Gasteiger partial charge in [-0.3, -0.25) is 10.1 Å². The molecule has 0 unspecified atom stereocenters. The molecule has 1 fully saturated rings. The van der Waals surface area contributed by atoms with Crippen LogP contribution >= 0.6 is 0 Å². The highest BCUT2D eigenvalue weighted by molar-refractivity contribution is 5.62. The third kappa shape index (κ3) is 2.33. The van der Waals surface area contributed by atoms with Crippen LogP contribution in [0.4, 0.5) is 15.8 Å². The number of anilines is 1. The van der Waals surface area contributed by atoms with E-state index in [-0.39, 0.29) is 23.3 Å². The quantitative estimate of drug-likeness (QED) is 0.644. The second kappa shape index (κ2) is 4.37. The normalized spacial score (nSPS) is 22.4. The van der Waals surface area contributed by atoms with Crippen LogP contribution < -0.4 is 5.32 Å². The first-order valence-corrected chi connectivity index (χ1v) is 5.20. The van der Waals surface area contributed by atoms with E-state index in [9.17, 15) is 14.5 Å². The van der Waals surface area contributed by atoms with Gasteiger partial charge in [-0.25, -0.2) is 4.39 Å². The van der Waals surface area contributed by atoms with E-state index in [1.165, 1.54) is 0 Å². The zero-order chi connectivity index (χ0) is 12.4. The average Bonchev–Trinajstić information content (AvgIpc) is 2.22. The standard InChI is InChI=1S/C11H10FN3O2/c12-8-1-2-11(15(16)17)10(5-8)14-9-3-7(4-9)6-13/h1-2,5,7,9,14H,3-4H2. The summed E-state index contributed by atoms with van der Waals surface area (Å²) in [5.41, 5.74) is 0.0307. The predicted octanol–water partition coefficient (Wildman–Crippen LogP) is 2.45. The van der Waals surface area contributed by atoms with Gasteiger partial charge in [0.1, 0.15) is 11.5 Å². The molecule has 88 valence electrons. The van der Waals surface area contributed by atoms with Gasteiger partial charge in [0.05, 0.1) is 16.9 Å². The predicted molar refractivity (Wildman–Crippen MR) is 58.8 cm³/mol. The van der Waals surface area contributed by atoms with Gasteiger partial charge in [0.25, 0.3) is 5.69 Å². The molecule has 0 saturated heterocycles. The lowest BCUT2D eigenvalue weighted by Crippen LogP contribution is -2.34. The minimum absolute atomic E-state index is 0.000107. The Morgan fingerprint density at radius 1 is 1.53 bits per heavy atom. The molecule has 0 spiro atoms. The van der Waals surface area contributed by atoms with Gasteiger partial charge < -0.3 is 5.32 Å². The van der Waals surface area contributed by atoms with Gasteiger partial charge in [0.2, 0.25) is 0 Å². The van der Waals surface area contributed by atoms with Gasteiger partial charge in [-0.05, 0) is 18.9 Å². The fourth-order valence-corrected chi connectivity index (χ4v) is 1.84. The minimum atomic E-state index is -0.553. The van der Waals surface area contributed by atoms with E-state index in [1.54, 1.807) is 0 Å². The number of benzene rings is 1. The Balaban J connectivity index is 2.12. The van der Waals surface area contributed by atoms with E-state index in [2.05, 4.69) is 11.4 Å². The molecule has 0 heterocycles. The Morgan fingerprint density at radius 3 is 2.82 bits per heavy atom. The third-order valence-electron chi connectivity index (χ3n) is 2.84. The number of nitro groups is 1. The molecule has 1 N–H and O–H groups in total. The van der Waals surface area contributed by atoms with E-state index < -0.39 is 10.7 Å². The summed E-state index contributed by atoms with van der Waals surface area (Å²) in [6, 6.07) is 5.44. The van der Waals surface area contributed by atoms with Crippen LogP contribution in [0.15, 0.2) is 18.2 Å². The Labute approximate surface area is 97.0 Å². The monoisotopic (exact) mass is 235 g/mol. The van der Waals surface area contributed by atoms with Crippen LogP contribution in [0.2, 0.25) is 0 Å². The Hall–Kier alpha value is -2.16. The second-order valence-corrected chi connectivity index (χ2v) is 4.06. The molecule has 1 aromatic rings. The Kier molecular flexibility index (Phi) is 2.91. The van der Waals surface area contributed by atoms with Crippen molar-refractivity contribution in [1.82, 2.24) is 0 Å². The van der Waals surface area contributed by atoms with Crippen LogP contribution in [0.5, 0.6) is 0 Å². The lowest BCUT2D eigenvalue weighted by molar-refractivity contribution is -0.384. The van der Waals surface area contributed by atoms with Gasteiger partial charge in [-0.1, -0.05) is 0 Å². The number of nitrogens with one attached hydrogen (secondary N) is 1. The van der Waals surface area contributed by atoms with Crippen molar-refractivity contribution in [2.45, 2.75) is 18.9 Å². The first-order valence-electron chi connectivity index (χ1n) is 5.20. The lowest BCUT2D eigenvalue weighted by Gasteiger charge is -2.31. The summed E-state index contributed by atoms with van der Waals surface area (Å²) in [7, 11) is 0. The Bertz CT molecular complexity index is 492. The average molecular weight is 235 g/mol. The molecule has 17 heavy (non-hydrogen) atoms. The zero-order valence-corrected chi connectivity index (χ0v) is 8.89. The Morgan fingerprint density at radius 2 is 2.24 bits per heavy atom. The van der Waals surface area contributed by atoms with Crippen molar-refractivity contribution in [3.63, 3.8) is 0 Å². The van der Waals surface area contributed by atoms with E-state index in [0.717, 1.165) is 18.2 Å². The van der Waals surface area contributed by atoms with Crippen LogP contribution in [0.25, 0.3) is 0 Å². The number of nitrogens with zero attached hydrogens (tertiary/aromatic N) is 2. The maximum absolute atomic E-state index is 13.0. The van der Waals surface area contributed by atoms with E-state index in [1.807, 2.05) is 0 Å². The van der Waals surface area contributed by atoms with Crippen molar-refractivity contribution in [1.29, 1.82) is 5.26 Å². The molecule has 0 atom stereocenters. The van der Waals surface area contributed by atoms with Crippen LogP contribution in [0.1, 0.15) is 12.8 Å². The molecule has 0 amide bonds. The summed E-state index contributed by atoms with van der Waals surface area (Å²) in [5, 5.41) is 22.2. The van der Waals surface area contributed by atoms with Gasteiger partial charge in [-0.15, -0.1) is 0 Å². The second-order valence-electron chi connectivity index (χ2n) is 4.06. The van der Waals surface area contributed by atoms with Gasteiger partial charge in [0.15, 0.2) is 0 Å². The first-order chi connectivity index (χ1) is 8.10. The molecule has 1 saturated carbocycles. The molecule has 0 radical (unpaired) electrons. The number of rotatable bonds is 3. The molecule has 5 nitrogen and oxygen atoms in total. The van der Waals surface area contributed by atoms with Crippen molar-refractivity contribution in [3.8, 4) is 6.07 Å². The molecule has 0 aromatic heterocycles. The number of hydrogen-bond donors (Lipinski definition) is 1. The highest BCUT2D eigenvalue weighted by atomic mass is 19.1. The molecule has 0 aliphatic heterocycles. The highest BCUT2D eigenvalue weighted by Crippen LogP contribution is 2.33. The lowest BCUT2D eigenvalue weighted by atomic mass is 9.81. The number of nitriles is 1. The molecule has 1 aliphatic rings. The van der Waals surface area contributed by atoms with Crippen molar-refractivity contribution < 1.29 is 9.31 Å². The summed E-state index contributed by atoms with van der Waals surface area (Å²) in [6.45, 7) is 0. The minimum Gasteiger partial charge on any atom is -0.377 e. The fraction of sp³-hybridized carbons (Fsp3) is 0.364. The topological polar surface area (TPSA) is 79.0 Å². The summed E-state index contributed by atoms with van der Waals surface area (Å²) in [5.74, 6) is -0.519. The van der Waals surface area contributed by atoms with Crippen LogP contribution in [-0.4, -0.2) is 11.0 Å². The van der Waals surface area contributed by atoms with Gasteiger partial charge in [-0.2, -0.15) is 5.26 Å². The van der Waals surface area contributed by atoms with Crippen LogP contribution in [-0.2, 0) is 0 Å². The summed E-state index contributed by atoms with van der Waals surface area (Å²) in [4.78, 5) is 10.2. The van der Waals surface area contributed by atoms with Crippen LogP contribution in [0.3, 0.4) is 0 Å². The van der Waals surface area contributed by atoms with Crippen molar-refractivity contribution in [2.75, 3.05) is 5.32 Å². The van der Waals surface area contributed by atoms with Crippen molar-refractivity contribution >= 4 is 11.4 Å². The molecule has 2 rings (SSSR count). The first kappa shape index (κ1) is 11.3. The molecular weight excluding hydrogens is 225 g/mol. The maximum Gasteiger partial charge on any atom is 0.292 e. The highest BCUT2D eigenvalue weighted by Gasteiger charge is 2.30. The molecular formula is C11H10FN3O2. The number of nitro benzene ring substituents is 1. The smallest absolute Gasteiger partial charge is 0.292 e. The largest absolute Gasteiger partial charge is 0.377 e.